The third kappa shape index (κ3) is 6.25. The first-order chi connectivity index (χ1) is 15.3. The molecular formula is C27H31NO3. The predicted molar refractivity (Wildman–Crippen MR) is 123 cm³/mol. The summed E-state index contributed by atoms with van der Waals surface area (Å²) >= 11 is 0. The summed E-state index contributed by atoms with van der Waals surface area (Å²) in [5.41, 5.74) is 3.53. The maximum atomic E-state index is 6.43. The lowest BCUT2D eigenvalue weighted by molar-refractivity contribution is -0.0811. The Kier molecular flexibility index (Phi) is 7.86. The van der Waals surface area contributed by atoms with Gasteiger partial charge in [-0.3, -0.25) is 4.90 Å². The van der Waals surface area contributed by atoms with Crippen LogP contribution in [0.4, 0.5) is 0 Å². The minimum absolute atomic E-state index is 0.000700. The van der Waals surface area contributed by atoms with E-state index in [1.165, 1.54) is 16.7 Å². The second-order valence-corrected chi connectivity index (χ2v) is 8.10. The van der Waals surface area contributed by atoms with E-state index in [9.17, 15) is 0 Å². The lowest BCUT2D eigenvalue weighted by Crippen LogP contribution is -2.40. The van der Waals surface area contributed by atoms with E-state index in [1.807, 2.05) is 54.6 Å². The van der Waals surface area contributed by atoms with Gasteiger partial charge >= 0.3 is 0 Å². The van der Waals surface area contributed by atoms with Gasteiger partial charge in [0.1, 0.15) is 6.10 Å². The van der Waals surface area contributed by atoms with E-state index in [-0.39, 0.29) is 18.2 Å². The van der Waals surface area contributed by atoms with Crippen LogP contribution in [0.3, 0.4) is 0 Å². The topological polar surface area (TPSA) is 30.9 Å². The van der Waals surface area contributed by atoms with Crippen LogP contribution in [0, 0.1) is 0 Å². The van der Waals surface area contributed by atoms with Crippen LogP contribution in [0.15, 0.2) is 91.0 Å². The number of nitrogens with zero attached hydrogens (tertiary/aromatic N) is 1. The van der Waals surface area contributed by atoms with Crippen LogP contribution >= 0.6 is 0 Å². The molecule has 162 valence electrons. The van der Waals surface area contributed by atoms with E-state index in [0.29, 0.717) is 26.4 Å². The zero-order valence-electron chi connectivity index (χ0n) is 18.1. The molecule has 1 heterocycles. The highest BCUT2D eigenvalue weighted by Gasteiger charge is 2.41. The Morgan fingerprint density at radius 1 is 0.677 bits per heavy atom. The van der Waals surface area contributed by atoms with Gasteiger partial charge < -0.3 is 14.2 Å². The van der Waals surface area contributed by atoms with Gasteiger partial charge in [0.15, 0.2) is 0 Å². The maximum absolute atomic E-state index is 6.43. The number of likely N-dealkylation sites (N-methyl/N-ethyl adjacent to an activating group) is 1. The number of hydrogen-bond donors (Lipinski definition) is 0. The molecule has 1 aliphatic heterocycles. The molecule has 1 aliphatic rings. The number of benzene rings is 3. The van der Waals surface area contributed by atoms with Crippen molar-refractivity contribution in [2.45, 2.75) is 38.1 Å². The van der Waals surface area contributed by atoms with Crippen molar-refractivity contribution in [1.82, 2.24) is 4.90 Å². The highest BCUT2D eigenvalue weighted by Crippen LogP contribution is 2.25. The van der Waals surface area contributed by atoms with Crippen LogP contribution in [0.25, 0.3) is 0 Å². The molecule has 1 fully saturated rings. The molecule has 3 aromatic carbocycles. The number of likely N-dealkylation sites (tertiary alicyclic amines) is 1. The van der Waals surface area contributed by atoms with Crippen molar-refractivity contribution < 1.29 is 14.2 Å². The molecule has 0 bridgehead atoms. The smallest absolute Gasteiger partial charge is 0.103 e. The van der Waals surface area contributed by atoms with Crippen LogP contribution in [0.2, 0.25) is 0 Å². The van der Waals surface area contributed by atoms with E-state index >= 15 is 0 Å². The van der Waals surface area contributed by atoms with Gasteiger partial charge in [-0.15, -0.1) is 0 Å². The molecule has 1 saturated heterocycles. The maximum Gasteiger partial charge on any atom is 0.103 e. The van der Waals surface area contributed by atoms with Gasteiger partial charge in [0.05, 0.1) is 38.6 Å². The molecule has 0 N–H and O–H groups in total. The van der Waals surface area contributed by atoms with E-state index in [0.717, 1.165) is 6.54 Å². The quantitative estimate of drug-likeness (QED) is 0.479. The van der Waals surface area contributed by atoms with Crippen molar-refractivity contribution in [3.05, 3.63) is 108 Å². The minimum Gasteiger partial charge on any atom is -0.375 e. The molecule has 4 rings (SSSR count). The SMILES string of the molecule is CN1CC(OCc2ccccc2)C(OCc2ccccc2)C1COCc1ccccc1. The van der Waals surface area contributed by atoms with E-state index in [4.69, 9.17) is 14.2 Å². The standard InChI is InChI=1S/C27H31NO3/c1-28-17-26(30-19-23-13-7-3-8-14-23)27(31-20-24-15-9-4-10-16-24)25(28)21-29-18-22-11-5-2-6-12-22/h2-16,25-27H,17-21H2,1H3. The molecule has 0 spiro atoms. The third-order valence-electron chi connectivity index (χ3n) is 5.77. The molecule has 4 nitrogen and oxygen atoms in total. The molecular weight excluding hydrogens is 386 g/mol. The van der Waals surface area contributed by atoms with Crippen LogP contribution in [0.1, 0.15) is 16.7 Å². The number of hydrogen-bond acceptors (Lipinski definition) is 4. The number of ether oxygens (including phenoxy) is 3. The Labute approximate surface area is 185 Å². The van der Waals surface area contributed by atoms with Gasteiger partial charge in [-0.1, -0.05) is 91.0 Å². The molecule has 3 atom stereocenters. The molecule has 31 heavy (non-hydrogen) atoms. The number of rotatable bonds is 10. The minimum atomic E-state index is -0.0512. The van der Waals surface area contributed by atoms with Crippen molar-refractivity contribution in [2.75, 3.05) is 20.2 Å². The first-order valence-corrected chi connectivity index (χ1v) is 10.9. The van der Waals surface area contributed by atoms with Gasteiger partial charge in [-0.25, -0.2) is 0 Å². The fourth-order valence-electron chi connectivity index (χ4n) is 4.03. The zero-order chi connectivity index (χ0) is 21.3. The summed E-state index contributed by atoms with van der Waals surface area (Å²) in [6.45, 7) is 3.19. The molecule has 3 aromatic rings. The second kappa shape index (κ2) is 11.2. The van der Waals surface area contributed by atoms with Crippen LogP contribution < -0.4 is 0 Å². The Morgan fingerprint density at radius 3 is 1.71 bits per heavy atom. The summed E-state index contributed by atoms with van der Waals surface area (Å²) < 4.78 is 18.9. The van der Waals surface area contributed by atoms with Crippen molar-refractivity contribution in [1.29, 1.82) is 0 Å². The Balaban J connectivity index is 1.39. The van der Waals surface area contributed by atoms with Crippen LogP contribution in [-0.4, -0.2) is 43.3 Å². The molecule has 4 heteroatoms. The lowest BCUT2D eigenvalue weighted by Gasteiger charge is -2.26. The summed E-state index contributed by atoms with van der Waals surface area (Å²) in [5, 5.41) is 0. The van der Waals surface area contributed by atoms with Crippen LogP contribution in [-0.2, 0) is 34.0 Å². The van der Waals surface area contributed by atoms with E-state index in [1.54, 1.807) is 0 Å². The molecule has 3 unspecified atom stereocenters. The summed E-state index contributed by atoms with van der Waals surface area (Å²) in [6, 6.07) is 31.1. The Bertz CT molecular complexity index is 888. The normalized spacial score (nSPS) is 21.4. The van der Waals surface area contributed by atoms with Gasteiger partial charge in [-0.2, -0.15) is 0 Å². The summed E-state index contributed by atoms with van der Waals surface area (Å²) in [7, 11) is 2.13. The molecule has 0 aromatic heterocycles. The van der Waals surface area contributed by atoms with E-state index in [2.05, 4.69) is 48.3 Å². The monoisotopic (exact) mass is 417 g/mol. The van der Waals surface area contributed by atoms with Gasteiger partial charge in [-0.05, 0) is 23.7 Å². The van der Waals surface area contributed by atoms with Crippen molar-refractivity contribution >= 4 is 0 Å². The highest BCUT2D eigenvalue weighted by molar-refractivity contribution is 5.15. The van der Waals surface area contributed by atoms with Crippen molar-refractivity contribution in [3.63, 3.8) is 0 Å². The van der Waals surface area contributed by atoms with Crippen LogP contribution in [0.5, 0.6) is 0 Å². The van der Waals surface area contributed by atoms with Crippen molar-refractivity contribution in [2.24, 2.45) is 0 Å². The summed E-state index contributed by atoms with van der Waals surface area (Å²) in [6.07, 6.45) is -0.0519. The molecule has 0 aliphatic carbocycles. The highest BCUT2D eigenvalue weighted by atomic mass is 16.5. The first-order valence-electron chi connectivity index (χ1n) is 10.9. The average molecular weight is 418 g/mol. The van der Waals surface area contributed by atoms with E-state index < -0.39 is 0 Å². The fourth-order valence-corrected chi connectivity index (χ4v) is 4.03. The lowest BCUT2D eigenvalue weighted by atomic mass is 10.1. The summed E-state index contributed by atoms with van der Waals surface area (Å²) in [5.74, 6) is 0. The largest absolute Gasteiger partial charge is 0.375 e. The average Bonchev–Trinajstić information content (AvgIpc) is 3.12. The third-order valence-corrected chi connectivity index (χ3v) is 5.77. The molecule has 0 radical (unpaired) electrons. The zero-order valence-corrected chi connectivity index (χ0v) is 18.1. The fraction of sp³-hybridized carbons (Fsp3) is 0.333. The molecule has 0 saturated carbocycles. The first kappa shape index (κ1) is 21.7. The second-order valence-electron chi connectivity index (χ2n) is 8.10. The predicted octanol–water partition coefficient (Wildman–Crippen LogP) is 4.69. The summed E-state index contributed by atoms with van der Waals surface area (Å²) in [4.78, 5) is 2.30. The van der Waals surface area contributed by atoms with Gasteiger partial charge in [0, 0.05) is 6.54 Å². The molecule has 0 amide bonds. The van der Waals surface area contributed by atoms with Crippen molar-refractivity contribution in [3.8, 4) is 0 Å². The Morgan fingerprint density at radius 2 is 1.16 bits per heavy atom. The van der Waals surface area contributed by atoms with Gasteiger partial charge in [0.2, 0.25) is 0 Å². The van der Waals surface area contributed by atoms with Gasteiger partial charge in [0.25, 0.3) is 0 Å². The Hall–Kier alpha value is -2.50.